The van der Waals surface area contributed by atoms with E-state index in [2.05, 4.69) is 86.2 Å². The first-order valence-electron chi connectivity index (χ1n) is 23.0. The van der Waals surface area contributed by atoms with Gasteiger partial charge in [0.05, 0.1) is 35.9 Å². The fourth-order valence-corrected chi connectivity index (χ4v) is 10.8. The van der Waals surface area contributed by atoms with Crippen molar-refractivity contribution in [3.63, 3.8) is 0 Å². The third-order valence-corrected chi connectivity index (χ3v) is 14.3. The minimum atomic E-state index is -1.21. The molecular formula is C51H56N8O6S. The molecule has 0 bridgehead atoms. The molecule has 3 saturated heterocycles. The summed E-state index contributed by atoms with van der Waals surface area (Å²) >= 11 is 1.88. The highest BCUT2D eigenvalue weighted by Crippen LogP contribution is 2.37. The summed E-state index contributed by atoms with van der Waals surface area (Å²) in [5, 5.41) is 16.9. The van der Waals surface area contributed by atoms with Crippen molar-refractivity contribution in [1.82, 2.24) is 40.4 Å². The van der Waals surface area contributed by atoms with Gasteiger partial charge < -0.3 is 40.2 Å². The number of carbonyl (C=O) groups excluding carboxylic acids is 3. The summed E-state index contributed by atoms with van der Waals surface area (Å²) in [6.07, 6.45) is 6.76. The first-order chi connectivity index (χ1) is 32.1. The van der Waals surface area contributed by atoms with Crippen LogP contribution in [0.2, 0.25) is 0 Å². The summed E-state index contributed by atoms with van der Waals surface area (Å²) in [6.45, 7) is 4.97. The van der Waals surface area contributed by atoms with Crippen LogP contribution in [-0.2, 0) is 20.9 Å². The second-order valence-corrected chi connectivity index (χ2v) is 19.1. The monoisotopic (exact) mass is 908 g/mol. The molecule has 4 amide bonds. The molecule has 4 atom stereocenters. The van der Waals surface area contributed by atoms with Gasteiger partial charge in [0.2, 0.25) is 11.8 Å². The lowest BCUT2D eigenvalue weighted by molar-refractivity contribution is -0.136. The summed E-state index contributed by atoms with van der Waals surface area (Å²) in [7, 11) is 0. The van der Waals surface area contributed by atoms with Crippen LogP contribution < -0.4 is 10.6 Å². The molecule has 15 heteroatoms. The number of nitrogens with zero attached hydrogens (tertiary/aromatic N) is 4. The average molecular weight is 909 g/mol. The molecule has 0 aliphatic carbocycles. The molecule has 5 heterocycles. The Hall–Kier alpha value is -6.61. The molecule has 5 N–H and O–H groups in total. The summed E-state index contributed by atoms with van der Waals surface area (Å²) in [4.78, 5) is 72.4. The number of alkyl carbamates (subject to hydrolysis) is 1. The van der Waals surface area contributed by atoms with Crippen molar-refractivity contribution in [2.75, 3.05) is 24.6 Å². The zero-order valence-corrected chi connectivity index (χ0v) is 38.1. The lowest BCUT2D eigenvalue weighted by Crippen LogP contribution is -2.53. The van der Waals surface area contributed by atoms with Crippen LogP contribution in [0.15, 0.2) is 103 Å². The van der Waals surface area contributed by atoms with Crippen molar-refractivity contribution in [2.24, 2.45) is 11.8 Å². The van der Waals surface area contributed by atoms with Crippen LogP contribution in [0, 0.1) is 11.8 Å². The summed E-state index contributed by atoms with van der Waals surface area (Å²) in [6, 6.07) is 28.7. The molecule has 4 aromatic carbocycles. The predicted octanol–water partition coefficient (Wildman–Crippen LogP) is 9.34. The number of fused-ring (bicyclic) bond motifs is 1. The highest BCUT2D eigenvalue weighted by atomic mass is 32.2. The standard InChI is InChI=1S/C51H56N8O6S/c1-31(2)44(56-50(62)63)48(60)58-22-6-10-42(58)47-53-29-41(55-47)39-19-18-37-26-36(16-17-38(37)27-39)33-12-14-34(15-13-33)40-28-52-46(54-40)43-11-7-23-59(43)49(61)45(35-20-24-66-25-21-35)57-51(64)65-30-32-8-4-3-5-9-32/h3-5,8-9,12-19,26-29,31,35,42-45,56H,6-7,10-11,20-25,30H2,1-2H3,(H,52,54)(H,53,55)(H,57,64)(H,62,63)/t42-,43-,44-,45-/m0/s1. The molecule has 3 fully saturated rings. The average Bonchev–Trinajstić information content (AvgIpc) is 4.19. The van der Waals surface area contributed by atoms with Gasteiger partial charge in [-0.25, -0.2) is 19.6 Å². The number of carbonyl (C=O) groups is 4. The maximum Gasteiger partial charge on any atom is 0.408 e. The smallest absolute Gasteiger partial charge is 0.408 e. The van der Waals surface area contributed by atoms with E-state index < -0.39 is 24.3 Å². The van der Waals surface area contributed by atoms with E-state index in [9.17, 15) is 24.3 Å². The van der Waals surface area contributed by atoms with Gasteiger partial charge >= 0.3 is 12.2 Å². The number of ether oxygens (including phenoxy) is 1. The number of imidazole rings is 2. The van der Waals surface area contributed by atoms with E-state index in [1.165, 1.54) is 0 Å². The SMILES string of the molecule is CC(C)[C@H](NC(=O)O)C(=O)N1CCC[C@H]1c1ncc(-c2ccc3cc(-c4ccc(-c5cnc([C@@H]6CCCN6C(=O)[C@@H](NC(=O)OCc6ccccc6)C6CCSCC6)[nH]5)cc4)ccc3c2)[nH]1. The van der Waals surface area contributed by atoms with Gasteiger partial charge in [-0.15, -0.1) is 0 Å². The number of hydrogen-bond donors (Lipinski definition) is 5. The molecule has 0 spiro atoms. The fourth-order valence-electron chi connectivity index (χ4n) is 9.70. The number of nitrogens with one attached hydrogen (secondary N) is 4. The largest absolute Gasteiger partial charge is 0.465 e. The lowest BCUT2D eigenvalue weighted by atomic mass is 9.92. The summed E-state index contributed by atoms with van der Waals surface area (Å²) in [5.74, 6) is 2.90. The van der Waals surface area contributed by atoms with Gasteiger partial charge in [0.1, 0.15) is 30.3 Å². The van der Waals surface area contributed by atoms with Crippen LogP contribution in [0.3, 0.4) is 0 Å². The zero-order chi connectivity index (χ0) is 45.7. The Morgan fingerprint density at radius 1 is 0.712 bits per heavy atom. The highest BCUT2D eigenvalue weighted by molar-refractivity contribution is 7.99. The van der Waals surface area contributed by atoms with Crippen molar-refractivity contribution in [2.45, 2.75) is 83.1 Å². The van der Waals surface area contributed by atoms with Gasteiger partial charge in [0, 0.05) is 18.7 Å². The number of rotatable bonds is 13. The Balaban J connectivity index is 0.852. The molecule has 342 valence electrons. The number of likely N-dealkylation sites (tertiary alicyclic amines) is 2. The fraction of sp³-hybridized carbons (Fsp3) is 0.373. The van der Waals surface area contributed by atoms with E-state index >= 15 is 0 Å². The van der Waals surface area contributed by atoms with Crippen molar-refractivity contribution < 1.29 is 29.0 Å². The van der Waals surface area contributed by atoms with Crippen molar-refractivity contribution in [3.8, 4) is 33.6 Å². The van der Waals surface area contributed by atoms with Gasteiger partial charge in [-0.1, -0.05) is 92.7 Å². The molecule has 2 aromatic heterocycles. The Morgan fingerprint density at radius 2 is 1.27 bits per heavy atom. The van der Waals surface area contributed by atoms with Crippen LogP contribution in [-0.4, -0.2) is 95.5 Å². The summed E-state index contributed by atoms with van der Waals surface area (Å²) in [5.41, 5.74) is 6.73. The molecule has 14 nitrogen and oxygen atoms in total. The number of amides is 4. The van der Waals surface area contributed by atoms with Gasteiger partial charge in [0.25, 0.3) is 0 Å². The predicted molar refractivity (Wildman–Crippen MR) is 255 cm³/mol. The third kappa shape index (κ3) is 9.81. The van der Waals surface area contributed by atoms with Gasteiger partial charge in [-0.2, -0.15) is 11.8 Å². The molecule has 9 rings (SSSR count). The minimum absolute atomic E-state index is 0.0384. The first kappa shape index (κ1) is 44.6. The van der Waals surface area contributed by atoms with E-state index in [1.54, 1.807) is 11.1 Å². The molecule has 0 radical (unpaired) electrons. The number of aromatic amines is 2. The second kappa shape index (κ2) is 19.9. The van der Waals surface area contributed by atoms with Gasteiger partial charge in [-0.05, 0) is 107 Å². The molecule has 0 unspecified atom stereocenters. The molecule has 3 aliphatic rings. The van der Waals surface area contributed by atoms with E-state index in [0.717, 1.165) is 106 Å². The topological polar surface area (TPSA) is 186 Å². The molecule has 0 saturated carbocycles. The lowest BCUT2D eigenvalue weighted by Gasteiger charge is -2.34. The Labute approximate surface area is 388 Å². The number of benzene rings is 4. The highest BCUT2D eigenvalue weighted by Gasteiger charge is 2.41. The number of aromatic nitrogens is 4. The molecule has 3 aliphatic heterocycles. The molecular weight excluding hydrogens is 853 g/mol. The van der Waals surface area contributed by atoms with Crippen LogP contribution >= 0.6 is 11.8 Å². The van der Waals surface area contributed by atoms with Crippen molar-refractivity contribution >= 4 is 46.5 Å². The number of thioether (sulfide) groups is 1. The van der Waals surface area contributed by atoms with E-state index in [-0.39, 0.29) is 42.3 Å². The normalized spacial score (nSPS) is 18.7. The first-order valence-corrected chi connectivity index (χ1v) is 24.2. The number of carboxylic acid groups (broad SMARTS) is 1. The van der Waals surface area contributed by atoms with Crippen LogP contribution in [0.5, 0.6) is 0 Å². The van der Waals surface area contributed by atoms with Crippen LogP contribution in [0.1, 0.15) is 81.7 Å². The Bertz CT molecular complexity index is 2680. The quantitative estimate of drug-likeness (QED) is 0.0753. The Kier molecular flexibility index (Phi) is 13.4. The number of hydrogen-bond acceptors (Lipinski definition) is 8. The van der Waals surface area contributed by atoms with Gasteiger partial charge in [0.15, 0.2) is 0 Å². The van der Waals surface area contributed by atoms with E-state index in [4.69, 9.17) is 9.72 Å². The zero-order valence-electron chi connectivity index (χ0n) is 37.2. The number of H-pyrrole nitrogens is 2. The maximum absolute atomic E-state index is 14.4. The second-order valence-electron chi connectivity index (χ2n) is 17.9. The molecule has 6 aromatic rings. The Morgan fingerprint density at radius 3 is 1.89 bits per heavy atom. The van der Waals surface area contributed by atoms with Crippen molar-refractivity contribution in [3.05, 3.63) is 121 Å². The summed E-state index contributed by atoms with van der Waals surface area (Å²) < 4.78 is 5.57. The van der Waals surface area contributed by atoms with Crippen molar-refractivity contribution in [1.29, 1.82) is 0 Å². The van der Waals surface area contributed by atoms with E-state index in [0.29, 0.717) is 18.9 Å². The van der Waals surface area contributed by atoms with Crippen LogP contribution in [0.25, 0.3) is 44.4 Å². The maximum atomic E-state index is 14.4. The van der Waals surface area contributed by atoms with Gasteiger partial charge in [-0.3, -0.25) is 9.59 Å². The third-order valence-electron chi connectivity index (χ3n) is 13.3. The minimum Gasteiger partial charge on any atom is -0.465 e. The van der Waals surface area contributed by atoms with Crippen LogP contribution in [0.4, 0.5) is 9.59 Å². The molecule has 66 heavy (non-hydrogen) atoms. The van der Waals surface area contributed by atoms with E-state index in [1.807, 2.05) is 67.0 Å².